The molecule has 0 bridgehead atoms. The number of carbonyl (C=O) groups is 3. The molecule has 1 fully saturated rings. The highest BCUT2D eigenvalue weighted by Gasteiger charge is 2.34. The fourth-order valence-corrected chi connectivity index (χ4v) is 3.23. The Hall–Kier alpha value is -2.57. The first-order valence-corrected chi connectivity index (χ1v) is 9.17. The smallest absolute Gasteiger partial charge is 0.326 e. The maximum absolute atomic E-state index is 12.4. The van der Waals surface area contributed by atoms with Crippen LogP contribution in [-0.4, -0.2) is 54.0 Å². The van der Waals surface area contributed by atoms with Crippen molar-refractivity contribution in [2.45, 2.75) is 45.6 Å². The number of ether oxygens (including phenoxy) is 2. The number of piperidine rings is 1. The molecule has 1 aromatic carbocycles. The molecule has 2 unspecified atom stereocenters. The number of hydrogen-bond donors (Lipinski definition) is 1. The van der Waals surface area contributed by atoms with E-state index < -0.39 is 12.0 Å². The van der Waals surface area contributed by atoms with E-state index in [-0.39, 0.29) is 18.1 Å². The fourth-order valence-electron chi connectivity index (χ4n) is 3.23. The molecule has 0 aromatic heterocycles. The molecule has 1 aliphatic rings. The number of carboxylic acids is 1. The normalized spacial score (nSPS) is 19.4. The Morgan fingerprint density at radius 1 is 1.26 bits per heavy atom. The highest BCUT2D eigenvalue weighted by atomic mass is 16.5. The summed E-state index contributed by atoms with van der Waals surface area (Å²) in [5.74, 6) is 0.117. The molecule has 27 heavy (non-hydrogen) atoms. The zero-order chi connectivity index (χ0) is 20.0. The van der Waals surface area contributed by atoms with Crippen LogP contribution in [0.15, 0.2) is 18.2 Å². The van der Waals surface area contributed by atoms with Crippen molar-refractivity contribution in [3.05, 3.63) is 23.8 Å². The van der Waals surface area contributed by atoms with Crippen molar-refractivity contribution in [3.8, 4) is 11.5 Å². The third kappa shape index (κ3) is 5.45. The van der Waals surface area contributed by atoms with Gasteiger partial charge in [0.15, 0.2) is 17.3 Å². The van der Waals surface area contributed by atoms with Gasteiger partial charge in [0.1, 0.15) is 6.04 Å². The summed E-state index contributed by atoms with van der Waals surface area (Å²) in [6, 6.07) is 4.22. The summed E-state index contributed by atoms with van der Waals surface area (Å²) in [5, 5.41) is 9.36. The standard InChI is InChI=1S/C20H27NO6/c1-13-8-9-21(16(11-13)20(24)25)19(23)5-4-10-27-17-7-6-15(14(2)22)12-18(17)26-3/h6-7,12-13,16H,4-5,8-11H2,1-3H3,(H,24,25). The van der Waals surface area contributed by atoms with E-state index in [4.69, 9.17) is 9.47 Å². The molecule has 2 rings (SSSR count). The van der Waals surface area contributed by atoms with E-state index in [9.17, 15) is 19.5 Å². The molecule has 1 aliphatic heterocycles. The molecular weight excluding hydrogens is 350 g/mol. The molecule has 0 radical (unpaired) electrons. The lowest BCUT2D eigenvalue weighted by atomic mass is 9.92. The zero-order valence-electron chi connectivity index (χ0n) is 16.1. The average molecular weight is 377 g/mol. The lowest BCUT2D eigenvalue weighted by Gasteiger charge is -2.36. The van der Waals surface area contributed by atoms with Crippen LogP contribution in [0.25, 0.3) is 0 Å². The molecule has 7 heteroatoms. The molecule has 1 aromatic rings. The van der Waals surface area contributed by atoms with Gasteiger partial charge in [-0.3, -0.25) is 9.59 Å². The SMILES string of the molecule is COc1cc(C(C)=O)ccc1OCCCC(=O)N1CCC(C)CC1C(=O)O. The summed E-state index contributed by atoms with van der Waals surface area (Å²) < 4.78 is 10.9. The average Bonchev–Trinajstić information content (AvgIpc) is 2.64. The predicted molar refractivity (Wildman–Crippen MR) is 99.3 cm³/mol. The monoisotopic (exact) mass is 377 g/mol. The molecule has 0 spiro atoms. The van der Waals surface area contributed by atoms with Gasteiger partial charge < -0.3 is 19.5 Å². The molecule has 0 aliphatic carbocycles. The van der Waals surface area contributed by atoms with Crippen LogP contribution < -0.4 is 9.47 Å². The van der Waals surface area contributed by atoms with Crippen molar-refractivity contribution < 1.29 is 29.0 Å². The number of ketones is 1. The van der Waals surface area contributed by atoms with Crippen molar-refractivity contribution in [2.24, 2.45) is 5.92 Å². The largest absolute Gasteiger partial charge is 0.493 e. The quantitative estimate of drug-likeness (QED) is 0.553. The zero-order valence-corrected chi connectivity index (χ0v) is 16.1. The number of aliphatic carboxylic acids is 1. The van der Waals surface area contributed by atoms with E-state index in [0.29, 0.717) is 49.0 Å². The lowest BCUT2D eigenvalue weighted by Crippen LogP contribution is -2.49. The number of Topliss-reactive ketones (excluding diaryl/α,β-unsaturated/α-hetero) is 1. The van der Waals surface area contributed by atoms with Crippen LogP contribution in [0.3, 0.4) is 0 Å². The number of rotatable bonds is 8. The first-order chi connectivity index (χ1) is 12.8. The van der Waals surface area contributed by atoms with Crippen molar-refractivity contribution in [2.75, 3.05) is 20.3 Å². The van der Waals surface area contributed by atoms with E-state index in [1.54, 1.807) is 18.2 Å². The van der Waals surface area contributed by atoms with Gasteiger partial charge >= 0.3 is 5.97 Å². The highest BCUT2D eigenvalue weighted by Crippen LogP contribution is 2.28. The van der Waals surface area contributed by atoms with Gasteiger partial charge in [-0.05, 0) is 50.3 Å². The van der Waals surface area contributed by atoms with Crippen molar-refractivity contribution in [3.63, 3.8) is 0 Å². The van der Waals surface area contributed by atoms with Gasteiger partial charge in [0.25, 0.3) is 0 Å². The molecule has 7 nitrogen and oxygen atoms in total. The number of carbonyl (C=O) groups excluding carboxylic acids is 2. The van der Waals surface area contributed by atoms with Gasteiger partial charge in [0.2, 0.25) is 5.91 Å². The Bertz CT molecular complexity index is 702. The molecule has 1 saturated heterocycles. The van der Waals surface area contributed by atoms with Crippen molar-refractivity contribution in [1.82, 2.24) is 4.90 Å². The minimum atomic E-state index is -0.943. The molecule has 1 N–H and O–H groups in total. The van der Waals surface area contributed by atoms with Crippen LogP contribution in [0.2, 0.25) is 0 Å². The summed E-state index contributed by atoms with van der Waals surface area (Å²) in [6.45, 7) is 4.27. The van der Waals surface area contributed by atoms with Crippen LogP contribution in [0.5, 0.6) is 11.5 Å². The van der Waals surface area contributed by atoms with Crippen LogP contribution in [0.4, 0.5) is 0 Å². The first kappa shape index (κ1) is 20.7. The van der Waals surface area contributed by atoms with E-state index in [0.717, 1.165) is 6.42 Å². The van der Waals surface area contributed by atoms with E-state index in [2.05, 4.69) is 0 Å². The molecule has 2 atom stereocenters. The number of hydrogen-bond acceptors (Lipinski definition) is 5. The third-order valence-electron chi connectivity index (χ3n) is 4.83. The minimum Gasteiger partial charge on any atom is -0.493 e. The number of benzene rings is 1. The molecule has 148 valence electrons. The van der Waals surface area contributed by atoms with Gasteiger partial charge in [-0.2, -0.15) is 0 Å². The summed E-state index contributed by atoms with van der Waals surface area (Å²) in [4.78, 5) is 36.7. The maximum Gasteiger partial charge on any atom is 0.326 e. The van der Waals surface area contributed by atoms with Gasteiger partial charge in [0, 0.05) is 18.5 Å². The number of methoxy groups -OCH3 is 1. The van der Waals surface area contributed by atoms with Crippen molar-refractivity contribution >= 4 is 17.7 Å². The number of likely N-dealkylation sites (tertiary alicyclic amines) is 1. The molecular formula is C20H27NO6. The topological polar surface area (TPSA) is 93.1 Å². The van der Waals surface area contributed by atoms with E-state index in [1.165, 1.54) is 18.9 Å². The van der Waals surface area contributed by atoms with Gasteiger partial charge in [-0.25, -0.2) is 4.79 Å². The van der Waals surface area contributed by atoms with E-state index in [1.807, 2.05) is 6.92 Å². The van der Waals surface area contributed by atoms with Gasteiger partial charge in [-0.1, -0.05) is 6.92 Å². The van der Waals surface area contributed by atoms with E-state index >= 15 is 0 Å². The van der Waals surface area contributed by atoms with Crippen LogP contribution in [-0.2, 0) is 9.59 Å². The Kier molecular flexibility index (Phi) is 7.21. The first-order valence-electron chi connectivity index (χ1n) is 9.17. The predicted octanol–water partition coefficient (Wildman–Crippen LogP) is 2.77. The second-order valence-electron chi connectivity index (χ2n) is 6.94. The Morgan fingerprint density at radius 3 is 2.63 bits per heavy atom. The van der Waals surface area contributed by atoms with Gasteiger partial charge in [0.05, 0.1) is 13.7 Å². The summed E-state index contributed by atoms with van der Waals surface area (Å²) in [6.07, 6.45) is 2.02. The van der Waals surface area contributed by atoms with Crippen LogP contribution >= 0.6 is 0 Å². The van der Waals surface area contributed by atoms with Crippen molar-refractivity contribution in [1.29, 1.82) is 0 Å². The Morgan fingerprint density at radius 2 is 2.00 bits per heavy atom. The highest BCUT2D eigenvalue weighted by molar-refractivity contribution is 5.94. The fraction of sp³-hybridized carbons (Fsp3) is 0.550. The Labute approximate surface area is 159 Å². The third-order valence-corrected chi connectivity index (χ3v) is 4.83. The second-order valence-corrected chi connectivity index (χ2v) is 6.94. The van der Waals surface area contributed by atoms with Gasteiger partial charge in [-0.15, -0.1) is 0 Å². The Balaban J connectivity index is 1.86. The van der Waals surface area contributed by atoms with Crippen LogP contribution in [0, 0.1) is 5.92 Å². The summed E-state index contributed by atoms with van der Waals surface area (Å²) >= 11 is 0. The maximum atomic E-state index is 12.4. The second kappa shape index (κ2) is 9.39. The minimum absolute atomic E-state index is 0.0609. The molecule has 1 amide bonds. The summed E-state index contributed by atoms with van der Waals surface area (Å²) in [7, 11) is 1.50. The molecule has 0 saturated carbocycles. The lowest BCUT2D eigenvalue weighted by molar-refractivity contribution is -0.153. The molecule has 1 heterocycles. The number of amides is 1. The number of carboxylic acid groups (broad SMARTS) is 1. The summed E-state index contributed by atoms with van der Waals surface area (Å²) in [5.41, 5.74) is 0.536. The number of nitrogens with zero attached hydrogens (tertiary/aromatic N) is 1. The van der Waals surface area contributed by atoms with Crippen LogP contribution in [0.1, 0.15) is 49.9 Å².